The summed E-state index contributed by atoms with van der Waals surface area (Å²) in [7, 11) is 0. The summed E-state index contributed by atoms with van der Waals surface area (Å²) in [5.41, 5.74) is 20.7. The van der Waals surface area contributed by atoms with E-state index in [-0.39, 0.29) is 33.5 Å². The summed E-state index contributed by atoms with van der Waals surface area (Å²) in [5.74, 6) is 1.33. The maximum Gasteiger partial charge on any atom is 0.149 e. The highest BCUT2D eigenvalue weighted by Crippen LogP contribution is 2.44. The first-order valence-electron chi connectivity index (χ1n) is 24.8. The first-order chi connectivity index (χ1) is 31.9. The minimum absolute atomic E-state index is 0.00677. The lowest BCUT2D eigenvalue weighted by Gasteiger charge is -2.26. The summed E-state index contributed by atoms with van der Waals surface area (Å²) in [6.07, 6.45) is 1.99. The lowest BCUT2D eigenvalue weighted by molar-refractivity contribution is 0.568. The summed E-state index contributed by atoms with van der Waals surface area (Å²) >= 11 is 0. The number of para-hydroxylation sites is 3. The van der Waals surface area contributed by atoms with Crippen molar-refractivity contribution in [2.24, 2.45) is 0 Å². The van der Waals surface area contributed by atoms with Gasteiger partial charge in [-0.05, 0) is 132 Å². The predicted molar refractivity (Wildman–Crippen MR) is 291 cm³/mol. The second kappa shape index (κ2) is 16.8. The van der Waals surface area contributed by atoms with Crippen LogP contribution in [0.1, 0.15) is 156 Å². The SMILES string of the molecule is CC(C)c1cc(-c2ccc(-c3cc(C(C)(C)C)cc(C(C)(C)C)c3)cc2)cc(C(C)C)c1-n1c(-c2cccc3c2oc2cc(-c4cc(C(C)(C)C)cc(C(C)(C)C)c4)ncc23)nc2ccccc21. The highest BCUT2D eigenvalue weighted by molar-refractivity contribution is 6.10. The molecule has 0 aliphatic carbocycles. The number of nitrogens with zero attached hydrogens (tertiary/aromatic N) is 3. The maximum absolute atomic E-state index is 7.01. The summed E-state index contributed by atoms with van der Waals surface area (Å²) in [6.45, 7) is 36.8. The van der Waals surface area contributed by atoms with E-state index in [0.717, 1.165) is 55.6 Å². The quantitative estimate of drug-likeness (QED) is 0.160. The standard InChI is InChI=1S/C64H71N3O/c1-38(2)51-32-43(41-26-24-40(25-27-41)42-28-45(61(5,6)7)34-46(29-42)62(8,9)10)33-52(39(3)4)58(51)67-56-23-18-17-22-54(56)66-60(67)50-21-19-20-49-53-37-65-55(36-57(53)68-59(49)50)44-30-47(63(11,12)13)35-48(31-44)64(14,15)16/h17-39H,1-16H3. The normalized spacial score (nSPS) is 13.0. The molecule has 4 heteroatoms. The molecule has 0 radical (unpaired) electrons. The van der Waals surface area contributed by atoms with Crippen molar-refractivity contribution in [2.45, 2.75) is 144 Å². The van der Waals surface area contributed by atoms with E-state index in [1.165, 1.54) is 61.3 Å². The zero-order valence-corrected chi connectivity index (χ0v) is 43.5. The highest BCUT2D eigenvalue weighted by Gasteiger charge is 2.27. The number of imidazole rings is 1. The van der Waals surface area contributed by atoms with Crippen LogP contribution in [0.3, 0.4) is 0 Å². The van der Waals surface area contributed by atoms with Gasteiger partial charge in [0.05, 0.1) is 28.0 Å². The fraction of sp³-hybridized carbons (Fsp3) is 0.344. The van der Waals surface area contributed by atoms with Crippen molar-refractivity contribution in [2.75, 3.05) is 0 Å². The zero-order valence-electron chi connectivity index (χ0n) is 43.5. The van der Waals surface area contributed by atoms with Gasteiger partial charge < -0.3 is 4.42 Å². The number of benzene rings is 6. The average Bonchev–Trinajstić information content (AvgIpc) is 3.85. The number of aromatic nitrogens is 3. The molecule has 0 unspecified atom stereocenters. The smallest absolute Gasteiger partial charge is 0.149 e. The first-order valence-corrected chi connectivity index (χ1v) is 24.8. The third-order valence-electron chi connectivity index (χ3n) is 14.0. The topological polar surface area (TPSA) is 43.9 Å². The van der Waals surface area contributed by atoms with Gasteiger partial charge in [-0.3, -0.25) is 9.55 Å². The van der Waals surface area contributed by atoms with Gasteiger partial charge in [0.25, 0.3) is 0 Å². The molecule has 68 heavy (non-hydrogen) atoms. The van der Waals surface area contributed by atoms with Crippen molar-refractivity contribution < 1.29 is 4.42 Å². The molecule has 0 spiro atoms. The number of hydrogen-bond acceptors (Lipinski definition) is 3. The fourth-order valence-corrected chi connectivity index (χ4v) is 9.60. The second-order valence-corrected chi connectivity index (χ2v) is 24.1. The molecular weight excluding hydrogens is 827 g/mol. The van der Waals surface area contributed by atoms with E-state index in [1.54, 1.807) is 0 Å². The number of fused-ring (bicyclic) bond motifs is 4. The van der Waals surface area contributed by atoms with Crippen LogP contribution in [0.4, 0.5) is 0 Å². The van der Waals surface area contributed by atoms with Gasteiger partial charge in [0, 0.05) is 28.6 Å². The molecule has 6 aromatic carbocycles. The molecule has 3 aromatic heterocycles. The Morgan fingerprint density at radius 2 is 0.956 bits per heavy atom. The van der Waals surface area contributed by atoms with Crippen molar-refractivity contribution in [3.63, 3.8) is 0 Å². The molecule has 0 N–H and O–H groups in total. The van der Waals surface area contributed by atoms with Gasteiger partial charge in [0.2, 0.25) is 0 Å². The second-order valence-electron chi connectivity index (χ2n) is 24.1. The molecule has 9 aromatic rings. The van der Waals surface area contributed by atoms with Gasteiger partial charge in [-0.2, -0.15) is 0 Å². The number of rotatable bonds is 7. The molecule has 9 rings (SSSR count). The molecule has 0 aliphatic rings. The Balaban J connectivity index is 1.19. The van der Waals surface area contributed by atoms with Crippen LogP contribution in [0.15, 0.2) is 132 Å². The number of furan rings is 1. The fourth-order valence-electron chi connectivity index (χ4n) is 9.60. The number of pyridine rings is 1. The summed E-state index contributed by atoms with van der Waals surface area (Å²) < 4.78 is 9.42. The Morgan fingerprint density at radius 3 is 1.46 bits per heavy atom. The largest absolute Gasteiger partial charge is 0.455 e. The van der Waals surface area contributed by atoms with Crippen LogP contribution in [0, 0.1) is 0 Å². The van der Waals surface area contributed by atoms with Gasteiger partial charge in [-0.25, -0.2) is 4.98 Å². The molecular formula is C64H71N3O. The van der Waals surface area contributed by atoms with Crippen molar-refractivity contribution >= 4 is 33.0 Å². The van der Waals surface area contributed by atoms with E-state index in [4.69, 9.17) is 14.4 Å². The molecule has 0 bridgehead atoms. The van der Waals surface area contributed by atoms with Crippen LogP contribution >= 0.6 is 0 Å². The Morgan fingerprint density at radius 1 is 0.471 bits per heavy atom. The average molecular weight is 898 g/mol. The summed E-state index contributed by atoms with van der Waals surface area (Å²) in [5, 5.41) is 2.02. The van der Waals surface area contributed by atoms with Gasteiger partial charge in [-0.1, -0.05) is 184 Å². The minimum atomic E-state index is -0.00677. The molecule has 0 saturated heterocycles. The number of hydrogen-bond donors (Lipinski definition) is 0. The van der Waals surface area contributed by atoms with Crippen molar-refractivity contribution in [3.05, 3.63) is 161 Å². The summed E-state index contributed by atoms with van der Waals surface area (Å²) in [6, 6.07) is 45.3. The van der Waals surface area contributed by atoms with Crippen LogP contribution in [0.25, 0.3) is 83.6 Å². The van der Waals surface area contributed by atoms with Crippen LogP contribution in [0.2, 0.25) is 0 Å². The Hall–Kier alpha value is -6.26. The molecule has 348 valence electrons. The Bertz CT molecular complexity index is 3270. The molecule has 0 atom stereocenters. The van der Waals surface area contributed by atoms with E-state index < -0.39 is 0 Å². The first kappa shape index (κ1) is 46.8. The lowest BCUT2D eigenvalue weighted by atomic mass is 9.79. The van der Waals surface area contributed by atoms with Crippen molar-refractivity contribution in [1.82, 2.24) is 14.5 Å². The molecule has 0 fully saturated rings. The van der Waals surface area contributed by atoms with Gasteiger partial charge in [0.15, 0.2) is 0 Å². The van der Waals surface area contributed by atoms with Gasteiger partial charge in [0.1, 0.15) is 17.0 Å². The zero-order chi connectivity index (χ0) is 48.8. The van der Waals surface area contributed by atoms with Crippen LogP contribution in [-0.2, 0) is 21.7 Å². The molecule has 0 saturated carbocycles. The van der Waals surface area contributed by atoms with E-state index >= 15 is 0 Å². The maximum atomic E-state index is 7.01. The van der Waals surface area contributed by atoms with Crippen LogP contribution in [-0.4, -0.2) is 14.5 Å². The predicted octanol–water partition coefficient (Wildman–Crippen LogP) is 18.4. The van der Waals surface area contributed by atoms with Gasteiger partial charge in [-0.15, -0.1) is 0 Å². The molecule has 3 heterocycles. The highest BCUT2D eigenvalue weighted by atomic mass is 16.3. The molecule has 0 amide bonds. The Labute approximate surface area is 405 Å². The van der Waals surface area contributed by atoms with Crippen molar-refractivity contribution in [1.29, 1.82) is 0 Å². The van der Waals surface area contributed by atoms with E-state index in [2.05, 4.69) is 237 Å². The monoisotopic (exact) mass is 898 g/mol. The van der Waals surface area contributed by atoms with Crippen LogP contribution in [0.5, 0.6) is 0 Å². The van der Waals surface area contributed by atoms with Crippen molar-refractivity contribution in [3.8, 4) is 50.6 Å². The minimum Gasteiger partial charge on any atom is -0.455 e. The molecule has 0 aliphatic heterocycles. The van der Waals surface area contributed by atoms with E-state index in [9.17, 15) is 0 Å². The van der Waals surface area contributed by atoms with Crippen LogP contribution < -0.4 is 0 Å². The lowest BCUT2D eigenvalue weighted by Crippen LogP contribution is -2.16. The van der Waals surface area contributed by atoms with E-state index in [1.807, 2.05) is 6.20 Å². The van der Waals surface area contributed by atoms with Gasteiger partial charge >= 0.3 is 0 Å². The van der Waals surface area contributed by atoms with E-state index in [0.29, 0.717) is 0 Å². The third kappa shape index (κ3) is 8.72. The third-order valence-corrected chi connectivity index (χ3v) is 14.0. The summed E-state index contributed by atoms with van der Waals surface area (Å²) in [4.78, 5) is 10.6. The Kier molecular flexibility index (Phi) is 11.5. The molecule has 4 nitrogen and oxygen atoms in total.